The summed E-state index contributed by atoms with van der Waals surface area (Å²) in [5, 5.41) is 2.14. The minimum atomic E-state index is 0.567. The smallest absolute Gasteiger partial charge is 0.0342 e. The highest BCUT2D eigenvalue weighted by atomic mass is 79.9. The Kier molecular flexibility index (Phi) is 4.41. The highest BCUT2D eigenvalue weighted by Crippen LogP contribution is 2.28. The van der Waals surface area contributed by atoms with Crippen LogP contribution in [0.2, 0.25) is 0 Å². The summed E-state index contributed by atoms with van der Waals surface area (Å²) in [6.07, 6.45) is 2.55. The molecule has 1 aromatic heterocycles. The maximum atomic E-state index is 5.87. The molecule has 0 radical (unpaired) electrons. The molecule has 2 N–H and O–H groups in total. The number of nitrogens with two attached hydrogens (primary N) is 1. The minimum Gasteiger partial charge on any atom is -0.329 e. The van der Waals surface area contributed by atoms with E-state index in [0.29, 0.717) is 6.04 Å². The lowest BCUT2D eigenvalue weighted by Crippen LogP contribution is -2.45. The molecule has 0 aliphatic carbocycles. The van der Waals surface area contributed by atoms with Crippen molar-refractivity contribution >= 4 is 27.3 Å². The molecule has 0 aromatic carbocycles. The monoisotopic (exact) mass is 302 g/mol. The highest BCUT2D eigenvalue weighted by Gasteiger charge is 2.25. The van der Waals surface area contributed by atoms with E-state index in [4.69, 9.17) is 5.73 Å². The first-order chi connectivity index (χ1) is 7.70. The third-order valence-electron chi connectivity index (χ3n) is 3.41. The molecule has 1 aromatic rings. The predicted octanol–water partition coefficient (Wildman–Crippen LogP) is 3.07. The van der Waals surface area contributed by atoms with Crippen LogP contribution in [0.3, 0.4) is 0 Å². The Labute approximate surface area is 110 Å². The Bertz CT molecular complexity index is 340. The number of thiophene rings is 1. The van der Waals surface area contributed by atoms with E-state index in [1.165, 1.54) is 28.7 Å². The van der Waals surface area contributed by atoms with Crippen LogP contribution in [-0.2, 0) is 6.54 Å². The molecule has 0 spiro atoms. The first kappa shape index (κ1) is 12.6. The zero-order chi connectivity index (χ0) is 11.5. The van der Waals surface area contributed by atoms with Gasteiger partial charge in [-0.15, -0.1) is 11.3 Å². The summed E-state index contributed by atoms with van der Waals surface area (Å²) in [4.78, 5) is 3.96. The van der Waals surface area contributed by atoms with Crippen molar-refractivity contribution in [1.82, 2.24) is 4.90 Å². The molecule has 2 nitrogen and oxygen atoms in total. The van der Waals surface area contributed by atoms with Gasteiger partial charge in [-0.1, -0.05) is 6.92 Å². The average Bonchev–Trinajstić information content (AvgIpc) is 2.67. The molecule has 1 saturated heterocycles. The van der Waals surface area contributed by atoms with E-state index in [-0.39, 0.29) is 0 Å². The first-order valence-electron chi connectivity index (χ1n) is 5.86. The molecule has 16 heavy (non-hydrogen) atoms. The number of piperidine rings is 1. The predicted molar refractivity (Wildman–Crippen MR) is 73.7 cm³/mol. The summed E-state index contributed by atoms with van der Waals surface area (Å²) >= 11 is 5.43. The van der Waals surface area contributed by atoms with Gasteiger partial charge >= 0.3 is 0 Å². The van der Waals surface area contributed by atoms with Gasteiger partial charge in [0.25, 0.3) is 0 Å². The molecular weight excluding hydrogens is 284 g/mol. The summed E-state index contributed by atoms with van der Waals surface area (Å²) in [5.74, 6) is 0.830. The van der Waals surface area contributed by atoms with Crippen LogP contribution in [0.5, 0.6) is 0 Å². The Hall–Kier alpha value is 0.1000. The van der Waals surface area contributed by atoms with Crippen LogP contribution in [0, 0.1) is 5.92 Å². The van der Waals surface area contributed by atoms with E-state index in [1.807, 2.05) is 11.3 Å². The molecule has 2 unspecified atom stereocenters. The first-order valence-corrected chi connectivity index (χ1v) is 7.54. The highest BCUT2D eigenvalue weighted by molar-refractivity contribution is 9.10. The van der Waals surface area contributed by atoms with Crippen LogP contribution < -0.4 is 5.73 Å². The summed E-state index contributed by atoms with van der Waals surface area (Å²) in [7, 11) is 0. The third kappa shape index (κ3) is 2.86. The van der Waals surface area contributed by atoms with Gasteiger partial charge in [0.05, 0.1) is 0 Å². The van der Waals surface area contributed by atoms with E-state index in [1.54, 1.807) is 0 Å². The molecule has 1 fully saturated rings. The van der Waals surface area contributed by atoms with Crippen molar-refractivity contribution < 1.29 is 0 Å². The number of nitrogens with zero attached hydrogens (tertiary/aromatic N) is 1. The summed E-state index contributed by atoms with van der Waals surface area (Å²) < 4.78 is 1.24. The second-order valence-corrected chi connectivity index (χ2v) is 6.54. The van der Waals surface area contributed by atoms with Crippen molar-refractivity contribution in [3.8, 4) is 0 Å². The van der Waals surface area contributed by atoms with E-state index in [2.05, 4.69) is 39.2 Å². The van der Waals surface area contributed by atoms with Crippen molar-refractivity contribution in [1.29, 1.82) is 0 Å². The van der Waals surface area contributed by atoms with Gasteiger partial charge in [-0.25, -0.2) is 0 Å². The number of rotatable bonds is 3. The fourth-order valence-electron chi connectivity index (χ4n) is 2.38. The van der Waals surface area contributed by atoms with Gasteiger partial charge in [-0.05, 0) is 52.7 Å². The fraction of sp³-hybridized carbons (Fsp3) is 0.667. The van der Waals surface area contributed by atoms with Crippen LogP contribution in [0.1, 0.15) is 24.6 Å². The molecule has 1 aliphatic heterocycles. The second kappa shape index (κ2) is 5.63. The topological polar surface area (TPSA) is 29.3 Å². The zero-order valence-electron chi connectivity index (χ0n) is 9.66. The number of likely N-dealkylation sites (tertiary alicyclic amines) is 1. The van der Waals surface area contributed by atoms with Gasteiger partial charge in [0.15, 0.2) is 0 Å². The van der Waals surface area contributed by atoms with Crippen LogP contribution >= 0.6 is 27.3 Å². The van der Waals surface area contributed by atoms with E-state index in [9.17, 15) is 0 Å². The zero-order valence-corrected chi connectivity index (χ0v) is 12.1. The number of hydrogen-bond acceptors (Lipinski definition) is 3. The standard InChI is InChI=1S/C12H19BrN2S/c1-9-2-4-15(10(6-9)7-14)8-12-11(13)3-5-16-12/h3,5,9-10H,2,4,6-8,14H2,1H3. The maximum absolute atomic E-state index is 5.87. The van der Waals surface area contributed by atoms with Gasteiger partial charge in [0.2, 0.25) is 0 Å². The van der Waals surface area contributed by atoms with Crippen molar-refractivity contribution in [3.05, 3.63) is 20.8 Å². The van der Waals surface area contributed by atoms with E-state index < -0.39 is 0 Å². The Balaban J connectivity index is 2.01. The van der Waals surface area contributed by atoms with Crippen molar-refractivity contribution in [2.75, 3.05) is 13.1 Å². The molecular formula is C12H19BrN2S. The van der Waals surface area contributed by atoms with Crippen molar-refractivity contribution in [2.45, 2.75) is 32.4 Å². The van der Waals surface area contributed by atoms with Gasteiger partial charge in [0, 0.05) is 28.5 Å². The normalized spacial score (nSPS) is 27.2. The van der Waals surface area contributed by atoms with Crippen molar-refractivity contribution in [2.24, 2.45) is 11.7 Å². The van der Waals surface area contributed by atoms with Gasteiger partial charge in [-0.3, -0.25) is 4.90 Å². The number of halogens is 1. The van der Waals surface area contributed by atoms with Crippen molar-refractivity contribution in [3.63, 3.8) is 0 Å². The Morgan fingerprint density at radius 2 is 2.44 bits per heavy atom. The molecule has 2 rings (SSSR count). The molecule has 0 amide bonds. The van der Waals surface area contributed by atoms with Gasteiger partial charge in [0.1, 0.15) is 0 Å². The molecule has 0 saturated carbocycles. The quantitative estimate of drug-likeness (QED) is 0.930. The van der Waals surface area contributed by atoms with E-state index >= 15 is 0 Å². The summed E-state index contributed by atoms with van der Waals surface area (Å²) in [6, 6.07) is 2.70. The summed E-state index contributed by atoms with van der Waals surface area (Å²) in [5.41, 5.74) is 5.87. The fourth-order valence-corrected chi connectivity index (χ4v) is 3.88. The second-order valence-electron chi connectivity index (χ2n) is 4.68. The SMILES string of the molecule is CC1CCN(Cc2sccc2Br)C(CN)C1. The van der Waals surface area contributed by atoms with Crippen LogP contribution in [0.15, 0.2) is 15.9 Å². The van der Waals surface area contributed by atoms with E-state index in [0.717, 1.165) is 19.0 Å². The lowest BCUT2D eigenvalue weighted by atomic mass is 9.92. The lowest BCUT2D eigenvalue weighted by molar-refractivity contribution is 0.116. The molecule has 90 valence electrons. The maximum Gasteiger partial charge on any atom is 0.0342 e. The summed E-state index contributed by atoms with van der Waals surface area (Å²) in [6.45, 7) is 5.36. The minimum absolute atomic E-state index is 0.567. The average molecular weight is 303 g/mol. The lowest BCUT2D eigenvalue weighted by Gasteiger charge is -2.37. The molecule has 4 heteroatoms. The molecule has 1 aliphatic rings. The van der Waals surface area contributed by atoms with Gasteiger partial charge in [-0.2, -0.15) is 0 Å². The Morgan fingerprint density at radius 3 is 3.06 bits per heavy atom. The third-order valence-corrected chi connectivity index (χ3v) is 5.32. The molecule has 2 atom stereocenters. The van der Waals surface area contributed by atoms with Gasteiger partial charge < -0.3 is 5.73 Å². The largest absolute Gasteiger partial charge is 0.329 e. The number of hydrogen-bond donors (Lipinski definition) is 1. The molecule has 0 bridgehead atoms. The van der Waals surface area contributed by atoms with Crippen LogP contribution in [0.25, 0.3) is 0 Å². The van der Waals surface area contributed by atoms with Crippen LogP contribution in [0.4, 0.5) is 0 Å². The van der Waals surface area contributed by atoms with Crippen LogP contribution in [-0.4, -0.2) is 24.0 Å². The molecule has 2 heterocycles. The Morgan fingerprint density at radius 1 is 1.62 bits per heavy atom.